The minimum absolute atomic E-state index is 0.267. The molecule has 7 nitrogen and oxygen atoms in total. The molecule has 3 heterocycles. The van der Waals surface area contributed by atoms with E-state index >= 15 is 0 Å². The first-order chi connectivity index (χ1) is 11.0. The maximum absolute atomic E-state index is 11.4. The number of carbonyl (C=O) groups is 1. The Balaban J connectivity index is 1.93. The molecule has 0 amide bonds. The highest BCUT2D eigenvalue weighted by molar-refractivity contribution is 7.08. The number of nitrogens with one attached hydrogen (secondary N) is 1. The Bertz CT molecular complexity index is 813. The van der Waals surface area contributed by atoms with Gasteiger partial charge in [0.2, 0.25) is 0 Å². The Morgan fingerprint density at radius 3 is 2.83 bits per heavy atom. The second-order valence-electron chi connectivity index (χ2n) is 5.69. The van der Waals surface area contributed by atoms with Gasteiger partial charge in [0.1, 0.15) is 11.9 Å². The number of nitrogens with zero attached hydrogens (tertiary/aromatic N) is 4. The number of rotatable bonds is 6. The van der Waals surface area contributed by atoms with Crippen molar-refractivity contribution in [1.29, 1.82) is 0 Å². The van der Waals surface area contributed by atoms with Crippen LogP contribution in [0.15, 0.2) is 29.0 Å². The molecule has 0 aliphatic carbocycles. The SMILES string of the molecule is CC(C)C[C@@H](Nc1ccc2nnc(-c3ccsc3)n2n1)C(=O)O. The molecule has 120 valence electrons. The standard InChI is InChI=1S/C15H17N5O2S/c1-9(2)7-11(15(21)22)16-12-3-4-13-17-18-14(20(13)19-12)10-5-6-23-8-10/h3-6,8-9,11H,7H2,1-2H3,(H,16,19)(H,21,22)/t11-/m1/s1. The van der Waals surface area contributed by atoms with Crippen molar-refractivity contribution in [3.05, 3.63) is 29.0 Å². The van der Waals surface area contributed by atoms with Gasteiger partial charge in [0, 0.05) is 10.9 Å². The van der Waals surface area contributed by atoms with Crippen molar-refractivity contribution in [1.82, 2.24) is 19.8 Å². The number of carboxylic acid groups (broad SMARTS) is 1. The summed E-state index contributed by atoms with van der Waals surface area (Å²) >= 11 is 1.57. The molecule has 3 rings (SSSR count). The first kappa shape index (κ1) is 15.4. The van der Waals surface area contributed by atoms with Crippen molar-refractivity contribution in [2.75, 3.05) is 5.32 Å². The maximum atomic E-state index is 11.4. The van der Waals surface area contributed by atoms with Crippen molar-refractivity contribution in [2.24, 2.45) is 5.92 Å². The van der Waals surface area contributed by atoms with Crippen LogP contribution in [0.2, 0.25) is 0 Å². The summed E-state index contributed by atoms with van der Waals surface area (Å²) in [6, 6.07) is 4.76. The summed E-state index contributed by atoms with van der Waals surface area (Å²) in [6.45, 7) is 3.98. The molecule has 0 saturated heterocycles. The molecule has 1 atom stereocenters. The van der Waals surface area contributed by atoms with Crippen LogP contribution in [0.4, 0.5) is 5.82 Å². The van der Waals surface area contributed by atoms with Crippen molar-refractivity contribution < 1.29 is 9.90 Å². The molecule has 0 unspecified atom stereocenters. The molecule has 0 saturated carbocycles. The van der Waals surface area contributed by atoms with Crippen molar-refractivity contribution in [3.63, 3.8) is 0 Å². The van der Waals surface area contributed by atoms with Gasteiger partial charge in [0.05, 0.1) is 0 Å². The molecule has 23 heavy (non-hydrogen) atoms. The van der Waals surface area contributed by atoms with Gasteiger partial charge in [-0.25, -0.2) is 4.79 Å². The Labute approximate surface area is 137 Å². The van der Waals surface area contributed by atoms with Crippen molar-refractivity contribution >= 4 is 28.8 Å². The molecule has 3 aromatic rings. The fraction of sp³-hybridized carbons (Fsp3) is 0.333. The van der Waals surface area contributed by atoms with Gasteiger partial charge in [-0.2, -0.15) is 15.9 Å². The summed E-state index contributed by atoms with van der Waals surface area (Å²) in [5.41, 5.74) is 1.55. The molecule has 2 N–H and O–H groups in total. The molecule has 0 bridgehead atoms. The number of aliphatic carboxylic acids is 1. The summed E-state index contributed by atoms with van der Waals surface area (Å²) in [6.07, 6.45) is 0.522. The second kappa shape index (κ2) is 6.33. The lowest BCUT2D eigenvalue weighted by atomic mass is 10.0. The van der Waals surface area contributed by atoms with Crippen LogP contribution in [-0.2, 0) is 4.79 Å². The van der Waals surface area contributed by atoms with Crippen LogP contribution in [0.1, 0.15) is 20.3 Å². The van der Waals surface area contributed by atoms with Gasteiger partial charge in [-0.15, -0.1) is 15.3 Å². The number of fused-ring (bicyclic) bond motifs is 1. The Morgan fingerprint density at radius 2 is 2.17 bits per heavy atom. The smallest absolute Gasteiger partial charge is 0.326 e. The number of carboxylic acids is 1. The molecular weight excluding hydrogens is 314 g/mol. The fourth-order valence-corrected chi connectivity index (χ4v) is 2.94. The fourth-order valence-electron chi connectivity index (χ4n) is 2.31. The normalized spacial score (nSPS) is 12.7. The molecule has 0 radical (unpaired) electrons. The van der Waals surface area contributed by atoms with E-state index in [1.165, 1.54) is 0 Å². The Kier molecular flexibility index (Phi) is 4.24. The van der Waals surface area contributed by atoms with Crippen molar-refractivity contribution in [3.8, 4) is 11.4 Å². The first-order valence-corrected chi connectivity index (χ1v) is 8.23. The minimum atomic E-state index is -0.887. The highest BCUT2D eigenvalue weighted by Crippen LogP contribution is 2.21. The van der Waals surface area contributed by atoms with E-state index in [1.807, 2.05) is 30.7 Å². The predicted octanol–water partition coefficient (Wildman–Crippen LogP) is 2.76. The van der Waals surface area contributed by atoms with E-state index in [1.54, 1.807) is 28.0 Å². The lowest BCUT2D eigenvalue weighted by Crippen LogP contribution is -2.31. The van der Waals surface area contributed by atoms with Gasteiger partial charge in [-0.3, -0.25) is 0 Å². The summed E-state index contributed by atoms with van der Waals surface area (Å²) in [7, 11) is 0. The van der Waals surface area contributed by atoms with Crippen molar-refractivity contribution in [2.45, 2.75) is 26.3 Å². The molecule has 3 aromatic heterocycles. The molecular formula is C15H17N5O2S. The monoisotopic (exact) mass is 331 g/mol. The molecule has 0 aliphatic rings. The molecule has 0 aromatic carbocycles. The van der Waals surface area contributed by atoms with Crippen LogP contribution in [0.3, 0.4) is 0 Å². The third-order valence-corrected chi connectivity index (χ3v) is 4.05. The largest absolute Gasteiger partial charge is 0.480 e. The lowest BCUT2D eigenvalue weighted by Gasteiger charge is -2.16. The van der Waals surface area contributed by atoms with E-state index in [2.05, 4.69) is 20.6 Å². The molecule has 0 aliphatic heterocycles. The lowest BCUT2D eigenvalue weighted by molar-refractivity contribution is -0.138. The van der Waals surface area contributed by atoms with Gasteiger partial charge < -0.3 is 10.4 Å². The van der Waals surface area contributed by atoms with Crippen LogP contribution in [-0.4, -0.2) is 36.9 Å². The number of thiophene rings is 1. The topological polar surface area (TPSA) is 92.4 Å². The van der Waals surface area contributed by atoms with E-state index in [0.717, 1.165) is 5.56 Å². The molecule has 0 fully saturated rings. The highest BCUT2D eigenvalue weighted by atomic mass is 32.1. The quantitative estimate of drug-likeness (QED) is 0.721. The van der Waals surface area contributed by atoms with Gasteiger partial charge in [-0.1, -0.05) is 13.8 Å². The number of hydrogen-bond acceptors (Lipinski definition) is 6. The van der Waals surface area contributed by atoms with Crippen LogP contribution in [0.5, 0.6) is 0 Å². The Morgan fingerprint density at radius 1 is 1.35 bits per heavy atom. The zero-order valence-electron chi connectivity index (χ0n) is 12.8. The predicted molar refractivity (Wildman–Crippen MR) is 88.6 cm³/mol. The van der Waals surface area contributed by atoms with E-state index in [4.69, 9.17) is 0 Å². The third-order valence-electron chi connectivity index (χ3n) is 3.37. The van der Waals surface area contributed by atoms with E-state index < -0.39 is 12.0 Å². The van der Waals surface area contributed by atoms with Gasteiger partial charge in [-0.05, 0) is 35.9 Å². The van der Waals surface area contributed by atoms with Crippen LogP contribution in [0.25, 0.3) is 17.0 Å². The summed E-state index contributed by atoms with van der Waals surface area (Å²) in [4.78, 5) is 11.4. The van der Waals surface area contributed by atoms with Crippen LogP contribution in [0, 0.1) is 5.92 Å². The average Bonchev–Trinajstić information content (AvgIpc) is 3.14. The maximum Gasteiger partial charge on any atom is 0.326 e. The summed E-state index contributed by atoms with van der Waals surface area (Å²) in [5.74, 6) is 0.508. The van der Waals surface area contributed by atoms with Gasteiger partial charge >= 0.3 is 5.97 Å². The average molecular weight is 331 g/mol. The number of hydrogen-bond donors (Lipinski definition) is 2. The zero-order chi connectivity index (χ0) is 16.4. The van der Waals surface area contributed by atoms with Crippen LogP contribution < -0.4 is 5.32 Å². The molecule has 8 heteroatoms. The molecule has 0 spiro atoms. The summed E-state index contributed by atoms with van der Waals surface area (Å²) in [5, 5.41) is 28.9. The highest BCUT2D eigenvalue weighted by Gasteiger charge is 2.20. The van der Waals surface area contributed by atoms with Gasteiger partial charge in [0.15, 0.2) is 11.5 Å². The number of anilines is 1. The van der Waals surface area contributed by atoms with E-state index in [-0.39, 0.29) is 5.92 Å². The van der Waals surface area contributed by atoms with Gasteiger partial charge in [0.25, 0.3) is 0 Å². The summed E-state index contributed by atoms with van der Waals surface area (Å²) < 4.78 is 1.62. The first-order valence-electron chi connectivity index (χ1n) is 7.29. The van der Waals surface area contributed by atoms with E-state index in [0.29, 0.717) is 23.7 Å². The Hall–Kier alpha value is -2.48. The number of aromatic nitrogens is 4. The zero-order valence-corrected chi connectivity index (χ0v) is 13.6. The van der Waals surface area contributed by atoms with Crippen LogP contribution >= 0.6 is 11.3 Å². The second-order valence-corrected chi connectivity index (χ2v) is 6.47. The minimum Gasteiger partial charge on any atom is -0.480 e. The van der Waals surface area contributed by atoms with E-state index in [9.17, 15) is 9.90 Å². The third kappa shape index (κ3) is 3.31.